The van der Waals surface area contributed by atoms with Crippen LogP contribution in [0.3, 0.4) is 0 Å². The number of aromatic nitrogens is 2. The lowest BCUT2D eigenvalue weighted by molar-refractivity contribution is 0.0890. The molecule has 0 bridgehead atoms. The lowest BCUT2D eigenvalue weighted by Crippen LogP contribution is -2.28. The van der Waals surface area contributed by atoms with Gasteiger partial charge < -0.3 is 19.6 Å². The van der Waals surface area contributed by atoms with E-state index in [2.05, 4.69) is 15.3 Å². The van der Waals surface area contributed by atoms with Gasteiger partial charge in [0.25, 0.3) is 5.91 Å². The van der Waals surface area contributed by atoms with Crippen LogP contribution in [-0.4, -0.2) is 34.6 Å². The molecule has 7 nitrogen and oxygen atoms in total. The van der Waals surface area contributed by atoms with Crippen molar-refractivity contribution in [1.29, 1.82) is 0 Å². The Morgan fingerprint density at radius 1 is 1.13 bits per heavy atom. The van der Waals surface area contributed by atoms with Gasteiger partial charge in [0.1, 0.15) is 11.3 Å². The van der Waals surface area contributed by atoms with E-state index in [4.69, 9.17) is 9.15 Å². The zero-order chi connectivity index (χ0) is 21.6. The Bertz CT molecular complexity index is 1160. The molecule has 0 saturated carbocycles. The minimum atomic E-state index is -0.852. The monoisotopic (exact) mass is 435 g/mol. The lowest BCUT2D eigenvalue weighted by Gasteiger charge is -2.12. The molecular formula is C23H21N3O4S. The highest BCUT2D eigenvalue weighted by Gasteiger charge is 2.21. The van der Waals surface area contributed by atoms with Crippen molar-refractivity contribution in [2.75, 3.05) is 13.7 Å². The van der Waals surface area contributed by atoms with Crippen molar-refractivity contribution in [3.8, 4) is 5.75 Å². The quantitative estimate of drug-likeness (QED) is 0.319. The number of thioether (sulfide) groups is 1. The number of ether oxygens (including phenoxy) is 1. The summed E-state index contributed by atoms with van der Waals surface area (Å²) in [4.78, 5) is 21.3. The van der Waals surface area contributed by atoms with Crippen molar-refractivity contribution < 1.29 is 19.1 Å². The van der Waals surface area contributed by atoms with Crippen molar-refractivity contribution in [3.05, 3.63) is 83.9 Å². The van der Waals surface area contributed by atoms with E-state index in [1.54, 1.807) is 49.8 Å². The molecular weight excluding hydrogens is 414 g/mol. The number of benzene rings is 2. The highest BCUT2D eigenvalue weighted by Crippen LogP contribution is 2.31. The maximum atomic E-state index is 12.9. The molecule has 4 rings (SSSR count). The Morgan fingerprint density at radius 2 is 1.87 bits per heavy atom. The molecule has 0 spiro atoms. The zero-order valence-corrected chi connectivity index (χ0v) is 17.6. The van der Waals surface area contributed by atoms with Gasteiger partial charge >= 0.3 is 0 Å². The molecule has 0 saturated heterocycles. The first-order valence-corrected chi connectivity index (χ1v) is 10.6. The third kappa shape index (κ3) is 4.87. The molecule has 0 radical (unpaired) electrons. The molecule has 8 heteroatoms. The molecule has 31 heavy (non-hydrogen) atoms. The Hall–Kier alpha value is -3.36. The third-order valence-electron chi connectivity index (χ3n) is 4.75. The number of methoxy groups -OCH3 is 1. The smallest absolute Gasteiger partial charge is 0.287 e. The van der Waals surface area contributed by atoms with Gasteiger partial charge in [0.2, 0.25) is 0 Å². The second kappa shape index (κ2) is 9.63. The number of nitrogens with zero attached hydrogens (tertiary/aromatic N) is 2. The number of aliphatic hydroxyl groups excluding tert-OH is 1. The molecule has 4 aromatic rings. The number of amides is 1. The van der Waals surface area contributed by atoms with Gasteiger partial charge in [-0.3, -0.25) is 4.79 Å². The standard InChI is InChI=1S/C23H21N3O4S/c1-29-16-9-7-15(8-10-16)19(27)13-26-22(28)21-18(14-31-23-24-11-4-12-25-23)17-5-2-3-6-20(17)30-21/h2-12,19,27H,13-14H2,1H3,(H,26,28). The second-order valence-electron chi connectivity index (χ2n) is 6.72. The fourth-order valence-electron chi connectivity index (χ4n) is 3.14. The van der Waals surface area contributed by atoms with Crippen LogP contribution < -0.4 is 10.1 Å². The highest BCUT2D eigenvalue weighted by atomic mass is 32.2. The zero-order valence-electron chi connectivity index (χ0n) is 16.8. The number of aliphatic hydroxyl groups is 1. The third-order valence-corrected chi connectivity index (χ3v) is 5.65. The van der Waals surface area contributed by atoms with Crippen molar-refractivity contribution in [3.63, 3.8) is 0 Å². The summed E-state index contributed by atoms with van der Waals surface area (Å²) in [6, 6.07) is 16.3. The normalized spacial score (nSPS) is 11.9. The van der Waals surface area contributed by atoms with Crippen molar-refractivity contribution in [2.24, 2.45) is 0 Å². The van der Waals surface area contributed by atoms with Gasteiger partial charge in [0.05, 0.1) is 13.2 Å². The number of fused-ring (bicyclic) bond motifs is 1. The summed E-state index contributed by atoms with van der Waals surface area (Å²) in [5.74, 6) is 1.02. The maximum Gasteiger partial charge on any atom is 0.287 e. The van der Waals surface area contributed by atoms with Crippen LogP contribution in [-0.2, 0) is 5.75 Å². The minimum Gasteiger partial charge on any atom is -0.497 e. The molecule has 0 aliphatic rings. The Labute approximate surface area is 183 Å². The summed E-state index contributed by atoms with van der Waals surface area (Å²) >= 11 is 1.43. The van der Waals surface area contributed by atoms with Gasteiger partial charge in [0.15, 0.2) is 10.9 Å². The SMILES string of the molecule is COc1ccc(C(O)CNC(=O)c2oc3ccccc3c2CSc2ncccn2)cc1. The van der Waals surface area contributed by atoms with Crippen LogP contribution in [0.5, 0.6) is 5.75 Å². The summed E-state index contributed by atoms with van der Waals surface area (Å²) in [5, 5.41) is 14.7. The van der Waals surface area contributed by atoms with Gasteiger partial charge in [-0.1, -0.05) is 42.1 Å². The van der Waals surface area contributed by atoms with Crippen LogP contribution in [0, 0.1) is 0 Å². The van der Waals surface area contributed by atoms with Gasteiger partial charge in [-0.05, 0) is 29.8 Å². The minimum absolute atomic E-state index is 0.0522. The summed E-state index contributed by atoms with van der Waals surface area (Å²) in [6.07, 6.45) is 2.50. The van der Waals surface area contributed by atoms with Crippen LogP contribution in [0.2, 0.25) is 0 Å². The number of carbonyl (C=O) groups excluding carboxylic acids is 1. The summed E-state index contributed by atoms with van der Waals surface area (Å²) in [7, 11) is 1.58. The van der Waals surface area contributed by atoms with Gasteiger partial charge in [0, 0.05) is 35.6 Å². The Morgan fingerprint density at radius 3 is 2.61 bits per heavy atom. The summed E-state index contributed by atoms with van der Waals surface area (Å²) < 4.78 is 11.0. The first-order chi connectivity index (χ1) is 15.2. The van der Waals surface area contributed by atoms with Gasteiger partial charge in [-0.2, -0.15) is 0 Å². The molecule has 2 heterocycles. The predicted octanol–water partition coefficient (Wildman–Crippen LogP) is 3.99. The molecule has 0 fully saturated rings. The number of furan rings is 1. The second-order valence-corrected chi connectivity index (χ2v) is 7.67. The van der Waals surface area contributed by atoms with Crippen molar-refractivity contribution in [1.82, 2.24) is 15.3 Å². The Kier molecular flexibility index (Phi) is 6.49. The molecule has 1 unspecified atom stereocenters. The van der Waals surface area contributed by atoms with Crippen LogP contribution >= 0.6 is 11.8 Å². The van der Waals surface area contributed by atoms with Gasteiger partial charge in [-0.25, -0.2) is 9.97 Å². The van der Waals surface area contributed by atoms with Crippen LogP contribution in [0.15, 0.2) is 76.6 Å². The molecule has 0 aliphatic carbocycles. The van der Waals surface area contributed by atoms with Crippen LogP contribution in [0.1, 0.15) is 27.8 Å². The van der Waals surface area contributed by atoms with E-state index >= 15 is 0 Å². The number of hydrogen-bond acceptors (Lipinski definition) is 7. The summed E-state index contributed by atoms with van der Waals surface area (Å²) in [6.45, 7) is 0.0522. The van der Waals surface area contributed by atoms with E-state index in [9.17, 15) is 9.90 Å². The molecule has 1 amide bonds. The largest absolute Gasteiger partial charge is 0.497 e. The number of nitrogens with one attached hydrogen (secondary N) is 1. The number of para-hydroxylation sites is 1. The molecule has 1 atom stereocenters. The maximum absolute atomic E-state index is 12.9. The van der Waals surface area contributed by atoms with Crippen LogP contribution in [0.25, 0.3) is 11.0 Å². The molecule has 0 aliphatic heterocycles. The molecule has 2 N–H and O–H groups in total. The van der Waals surface area contributed by atoms with E-state index < -0.39 is 6.10 Å². The average molecular weight is 436 g/mol. The first kappa shape index (κ1) is 20.9. The average Bonchev–Trinajstić information content (AvgIpc) is 3.20. The number of hydrogen-bond donors (Lipinski definition) is 2. The topological polar surface area (TPSA) is 97.5 Å². The molecule has 2 aromatic carbocycles. The Balaban J connectivity index is 1.50. The van der Waals surface area contributed by atoms with Crippen LogP contribution in [0.4, 0.5) is 0 Å². The fourth-order valence-corrected chi connectivity index (χ4v) is 3.97. The van der Waals surface area contributed by atoms with E-state index in [1.165, 1.54) is 11.8 Å². The van der Waals surface area contributed by atoms with Gasteiger partial charge in [-0.15, -0.1) is 0 Å². The lowest BCUT2D eigenvalue weighted by atomic mass is 10.1. The fraction of sp³-hybridized carbons (Fsp3) is 0.174. The van der Waals surface area contributed by atoms with E-state index in [0.717, 1.165) is 10.9 Å². The summed E-state index contributed by atoms with van der Waals surface area (Å²) in [5.41, 5.74) is 2.08. The molecule has 2 aromatic heterocycles. The van der Waals surface area contributed by atoms with Crippen molar-refractivity contribution >= 4 is 28.6 Å². The van der Waals surface area contributed by atoms with E-state index in [-0.39, 0.29) is 18.2 Å². The van der Waals surface area contributed by atoms with Crippen molar-refractivity contribution in [2.45, 2.75) is 17.0 Å². The number of rotatable bonds is 8. The van der Waals surface area contributed by atoms with E-state index in [0.29, 0.717) is 27.8 Å². The first-order valence-electron chi connectivity index (χ1n) is 9.66. The van der Waals surface area contributed by atoms with E-state index in [1.807, 2.05) is 24.3 Å². The number of carbonyl (C=O) groups is 1. The molecule has 158 valence electrons. The predicted molar refractivity (Wildman–Crippen MR) is 118 cm³/mol. The highest BCUT2D eigenvalue weighted by molar-refractivity contribution is 7.98.